The highest BCUT2D eigenvalue weighted by molar-refractivity contribution is 14.0. The van der Waals surface area contributed by atoms with Crippen molar-refractivity contribution < 1.29 is 0 Å². The molecule has 25 heavy (non-hydrogen) atoms. The van der Waals surface area contributed by atoms with E-state index in [9.17, 15) is 0 Å². The van der Waals surface area contributed by atoms with Crippen LogP contribution in [-0.4, -0.2) is 29.1 Å². The Hall–Kier alpha value is -1.28. The molecule has 0 atom stereocenters. The lowest BCUT2D eigenvalue weighted by Crippen LogP contribution is -2.38. The standard InChI is InChI=1S/C18H26ClN5.HI/c1-14(2)13-24-11-10-21-17(24)12-23-18(20-3)22-9-8-15-6-4-5-7-16(15)19;/h4-7,10-11,14H,8-9,12-13H2,1-3H3,(H2,20,22,23);1H. The molecular weight excluding hydrogens is 449 g/mol. The summed E-state index contributed by atoms with van der Waals surface area (Å²) in [7, 11) is 1.77. The molecule has 0 aliphatic carbocycles. The Kier molecular flexibility index (Phi) is 9.89. The first kappa shape index (κ1) is 21.8. The molecule has 2 rings (SSSR count). The van der Waals surface area contributed by atoms with Gasteiger partial charge in [-0.3, -0.25) is 4.99 Å². The predicted molar refractivity (Wildman–Crippen MR) is 116 cm³/mol. The summed E-state index contributed by atoms with van der Waals surface area (Å²) in [4.78, 5) is 8.67. The first-order chi connectivity index (χ1) is 11.6. The van der Waals surface area contributed by atoms with Gasteiger partial charge in [-0.15, -0.1) is 24.0 Å². The van der Waals surface area contributed by atoms with Crippen molar-refractivity contribution in [2.45, 2.75) is 33.4 Å². The third-order valence-electron chi connectivity index (χ3n) is 3.65. The molecule has 0 bridgehead atoms. The van der Waals surface area contributed by atoms with Crippen LogP contribution < -0.4 is 10.6 Å². The second kappa shape index (κ2) is 11.4. The first-order valence-corrected chi connectivity index (χ1v) is 8.66. The van der Waals surface area contributed by atoms with E-state index in [1.54, 1.807) is 7.05 Å². The fourth-order valence-corrected chi connectivity index (χ4v) is 2.70. The minimum Gasteiger partial charge on any atom is -0.356 e. The SMILES string of the molecule is CN=C(NCCc1ccccc1Cl)NCc1nccn1CC(C)C.I. The van der Waals surface area contributed by atoms with Crippen molar-refractivity contribution in [3.05, 3.63) is 53.1 Å². The van der Waals surface area contributed by atoms with Gasteiger partial charge in [0.05, 0.1) is 6.54 Å². The monoisotopic (exact) mass is 475 g/mol. The Morgan fingerprint density at radius 1 is 1.28 bits per heavy atom. The van der Waals surface area contributed by atoms with Gasteiger partial charge in [-0.25, -0.2) is 4.98 Å². The predicted octanol–water partition coefficient (Wildman–Crippen LogP) is 3.72. The summed E-state index contributed by atoms with van der Waals surface area (Å²) in [6.07, 6.45) is 4.71. The number of benzene rings is 1. The maximum absolute atomic E-state index is 6.18. The second-order valence-corrected chi connectivity index (χ2v) is 6.49. The molecule has 1 aromatic carbocycles. The van der Waals surface area contributed by atoms with Crippen molar-refractivity contribution in [3.63, 3.8) is 0 Å². The van der Waals surface area contributed by atoms with Gasteiger partial charge in [0.25, 0.3) is 0 Å². The number of imidazole rings is 1. The molecule has 0 saturated heterocycles. The van der Waals surface area contributed by atoms with Crippen LogP contribution in [0.2, 0.25) is 5.02 Å². The molecule has 2 N–H and O–H groups in total. The van der Waals surface area contributed by atoms with E-state index in [0.29, 0.717) is 12.5 Å². The van der Waals surface area contributed by atoms with Crippen molar-refractivity contribution in [2.75, 3.05) is 13.6 Å². The zero-order valence-corrected chi connectivity index (χ0v) is 18.1. The van der Waals surface area contributed by atoms with Crippen molar-refractivity contribution in [3.8, 4) is 0 Å². The molecule has 1 heterocycles. The van der Waals surface area contributed by atoms with Gasteiger partial charge in [-0.1, -0.05) is 43.6 Å². The number of hydrogen-bond acceptors (Lipinski definition) is 2. The lowest BCUT2D eigenvalue weighted by Gasteiger charge is -2.14. The smallest absolute Gasteiger partial charge is 0.191 e. The van der Waals surface area contributed by atoms with Crippen molar-refractivity contribution >= 4 is 41.5 Å². The van der Waals surface area contributed by atoms with E-state index in [-0.39, 0.29) is 24.0 Å². The lowest BCUT2D eigenvalue weighted by molar-refractivity contribution is 0.503. The van der Waals surface area contributed by atoms with Crippen molar-refractivity contribution in [2.24, 2.45) is 10.9 Å². The quantitative estimate of drug-likeness (QED) is 0.365. The number of nitrogens with zero attached hydrogens (tertiary/aromatic N) is 3. The van der Waals surface area contributed by atoms with Gasteiger partial charge in [0.2, 0.25) is 0 Å². The summed E-state index contributed by atoms with van der Waals surface area (Å²) in [6, 6.07) is 7.91. The van der Waals surface area contributed by atoms with Crippen LogP contribution in [0.4, 0.5) is 0 Å². The maximum atomic E-state index is 6.18. The van der Waals surface area contributed by atoms with Crippen LogP contribution in [0.5, 0.6) is 0 Å². The first-order valence-electron chi connectivity index (χ1n) is 8.28. The number of nitrogens with one attached hydrogen (secondary N) is 2. The molecule has 2 aromatic rings. The number of rotatable bonds is 7. The van der Waals surface area contributed by atoms with Crippen LogP contribution in [0.25, 0.3) is 0 Å². The highest BCUT2D eigenvalue weighted by Crippen LogP contribution is 2.14. The van der Waals surface area contributed by atoms with Crippen molar-refractivity contribution in [1.82, 2.24) is 20.2 Å². The van der Waals surface area contributed by atoms with Crippen LogP contribution in [0.3, 0.4) is 0 Å². The molecule has 7 heteroatoms. The van der Waals surface area contributed by atoms with E-state index in [1.165, 1.54) is 0 Å². The zero-order chi connectivity index (χ0) is 17.4. The van der Waals surface area contributed by atoms with Crippen molar-refractivity contribution in [1.29, 1.82) is 0 Å². The normalized spacial score (nSPS) is 11.3. The van der Waals surface area contributed by atoms with Gasteiger partial charge in [0.15, 0.2) is 5.96 Å². The Bertz CT molecular complexity index is 669. The topological polar surface area (TPSA) is 54.2 Å². The average molecular weight is 476 g/mol. The van der Waals surface area contributed by atoms with E-state index < -0.39 is 0 Å². The molecule has 0 radical (unpaired) electrons. The molecule has 5 nitrogen and oxygen atoms in total. The largest absolute Gasteiger partial charge is 0.356 e. The molecule has 0 amide bonds. The highest BCUT2D eigenvalue weighted by atomic mass is 127. The van der Waals surface area contributed by atoms with E-state index in [4.69, 9.17) is 11.6 Å². The van der Waals surface area contributed by atoms with Gasteiger partial charge in [-0.05, 0) is 24.0 Å². The van der Waals surface area contributed by atoms with Crippen LogP contribution in [0.15, 0.2) is 41.7 Å². The van der Waals surface area contributed by atoms with Gasteiger partial charge in [0, 0.05) is 37.6 Å². The minimum absolute atomic E-state index is 0. The number of hydrogen-bond donors (Lipinski definition) is 2. The van der Waals surface area contributed by atoms with Crippen LogP contribution in [-0.2, 0) is 19.5 Å². The van der Waals surface area contributed by atoms with E-state index in [2.05, 4.69) is 39.0 Å². The summed E-state index contributed by atoms with van der Waals surface area (Å²) >= 11 is 6.18. The third kappa shape index (κ3) is 7.23. The third-order valence-corrected chi connectivity index (χ3v) is 4.01. The summed E-state index contributed by atoms with van der Waals surface area (Å²) in [5.41, 5.74) is 1.13. The molecule has 0 saturated carbocycles. The second-order valence-electron chi connectivity index (χ2n) is 6.08. The summed E-state index contributed by atoms with van der Waals surface area (Å²) in [6.45, 7) is 6.78. The molecular formula is C18H27ClIN5. The van der Waals surface area contributed by atoms with E-state index >= 15 is 0 Å². The van der Waals surface area contributed by atoms with Crippen LogP contribution in [0, 0.1) is 5.92 Å². The fourth-order valence-electron chi connectivity index (χ4n) is 2.47. The Morgan fingerprint density at radius 2 is 2.04 bits per heavy atom. The molecule has 1 aromatic heterocycles. The fraction of sp³-hybridized carbons (Fsp3) is 0.444. The van der Waals surface area contributed by atoms with Gasteiger partial charge >= 0.3 is 0 Å². The number of aliphatic imine (C=N–C) groups is 1. The minimum atomic E-state index is 0. The molecule has 0 unspecified atom stereocenters. The van der Waals surface area contributed by atoms with E-state index in [0.717, 1.165) is 41.9 Å². The Morgan fingerprint density at radius 3 is 2.72 bits per heavy atom. The Labute approximate surface area is 172 Å². The van der Waals surface area contributed by atoms with Gasteiger partial charge in [0.1, 0.15) is 5.82 Å². The van der Waals surface area contributed by atoms with Gasteiger partial charge in [-0.2, -0.15) is 0 Å². The zero-order valence-electron chi connectivity index (χ0n) is 15.0. The molecule has 0 fully saturated rings. The lowest BCUT2D eigenvalue weighted by atomic mass is 10.1. The number of halogens is 2. The molecule has 138 valence electrons. The summed E-state index contributed by atoms with van der Waals surface area (Å²) in [5.74, 6) is 2.37. The highest BCUT2D eigenvalue weighted by Gasteiger charge is 2.06. The Balaban J connectivity index is 0.00000312. The summed E-state index contributed by atoms with van der Waals surface area (Å²) < 4.78 is 2.18. The average Bonchev–Trinajstić information content (AvgIpc) is 2.98. The van der Waals surface area contributed by atoms with E-state index in [1.807, 2.05) is 36.7 Å². The molecule has 0 spiro atoms. The number of guanidine groups is 1. The van der Waals surface area contributed by atoms with Crippen LogP contribution >= 0.6 is 35.6 Å². The summed E-state index contributed by atoms with van der Waals surface area (Å²) in [5, 5.41) is 7.42. The number of aromatic nitrogens is 2. The van der Waals surface area contributed by atoms with Gasteiger partial charge < -0.3 is 15.2 Å². The van der Waals surface area contributed by atoms with Crippen LogP contribution in [0.1, 0.15) is 25.2 Å². The molecule has 0 aliphatic rings. The maximum Gasteiger partial charge on any atom is 0.191 e. The molecule has 0 aliphatic heterocycles.